The summed E-state index contributed by atoms with van der Waals surface area (Å²) >= 11 is 6.34. The molecule has 0 radical (unpaired) electrons. The van der Waals surface area contributed by atoms with Crippen molar-refractivity contribution in [3.05, 3.63) is 21.3 Å². The van der Waals surface area contributed by atoms with Crippen LogP contribution in [0.15, 0.2) is 4.79 Å². The van der Waals surface area contributed by atoms with Crippen LogP contribution in [0.25, 0.3) is 10.9 Å². The van der Waals surface area contributed by atoms with E-state index in [1.165, 1.54) is 4.57 Å². The van der Waals surface area contributed by atoms with Crippen molar-refractivity contribution in [3.63, 3.8) is 0 Å². The molecule has 180 valence electrons. The molecule has 2 bridgehead atoms. The normalized spacial score (nSPS) is 23.5. The van der Waals surface area contributed by atoms with Gasteiger partial charge < -0.3 is 19.9 Å². The van der Waals surface area contributed by atoms with Gasteiger partial charge in [-0.05, 0) is 52.6 Å². The van der Waals surface area contributed by atoms with Crippen LogP contribution in [-0.2, 0) is 0 Å². The van der Waals surface area contributed by atoms with E-state index in [9.17, 15) is 4.79 Å². The zero-order valence-corrected chi connectivity index (χ0v) is 20.2. The van der Waals surface area contributed by atoms with E-state index in [0.29, 0.717) is 12.4 Å². The van der Waals surface area contributed by atoms with Gasteiger partial charge in [-0.2, -0.15) is 9.97 Å². The number of aromatic nitrogens is 3. The van der Waals surface area contributed by atoms with Crippen LogP contribution in [0.4, 0.5) is 10.2 Å². The van der Waals surface area contributed by atoms with Crippen molar-refractivity contribution in [2.24, 2.45) is 0 Å². The number of hydrogen-bond donors (Lipinski definition) is 1. The van der Waals surface area contributed by atoms with Crippen molar-refractivity contribution >= 4 is 28.3 Å². The Morgan fingerprint density at radius 2 is 1.88 bits per heavy atom. The fraction of sp³-hybridized carbons (Fsp3) is 0.696. The number of piperazine rings is 1. The minimum atomic E-state index is -0.676. The zero-order valence-electron chi connectivity index (χ0n) is 19.5. The molecule has 8 nitrogen and oxygen atoms in total. The van der Waals surface area contributed by atoms with Crippen LogP contribution in [0.1, 0.15) is 52.0 Å². The van der Waals surface area contributed by atoms with E-state index in [2.05, 4.69) is 27.0 Å². The number of pyridine rings is 1. The first kappa shape index (κ1) is 22.8. The van der Waals surface area contributed by atoms with Gasteiger partial charge in [-0.25, -0.2) is 4.39 Å². The summed E-state index contributed by atoms with van der Waals surface area (Å²) in [6, 6.07) is 0.443. The molecular formula is C23H32ClFN6O2. The molecule has 5 rings (SSSR count). The average Bonchev–Trinajstić information content (AvgIpc) is 3.57. The lowest BCUT2D eigenvalue weighted by Crippen LogP contribution is -2.52. The van der Waals surface area contributed by atoms with Crippen molar-refractivity contribution in [2.75, 3.05) is 38.1 Å². The summed E-state index contributed by atoms with van der Waals surface area (Å²) in [6.07, 6.45) is 4.50. The van der Waals surface area contributed by atoms with Crippen LogP contribution in [-0.4, -0.2) is 70.8 Å². The van der Waals surface area contributed by atoms with Crippen LogP contribution in [0.5, 0.6) is 6.01 Å². The van der Waals surface area contributed by atoms with Gasteiger partial charge in [0.15, 0.2) is 11.0 Å². The van der Waals surface area contributed by atoms with E-state index >= 15 is 4.39 Å². The highest BCUT2D eigenvalue weighted by Crippen LogP contribution is 2.40. The number of rotatable bonds is 8. The van der Waals surface area contributed by atoms with E-state index in [1.54, 1.807) is 0 Å². The average molecular weight is 479 g/mol. The Bertz CT molecular complexity index is 1090. The van der Waals surface area contributed by atoms with Crippen molar-refractivity contribution in [3.8, 4) is 6.01 Å². The van der Waals surface area contributed by atoms with Gasteiger partial charge in [0, 0.05) is 37.8 Å². The molecule has 4 heterocycles. The van der Waals surface area contributed by atoms with Gasteiger partial charge in [-0.15, -0.1) is 0 Å². The predicted molar refractivity (Wildman–Crippen MR) is 127 cm³/mol. The molecule has 0 amide bonds. The minimum absolute atomic E-state index is 0.0473. The van der Waals surface area contributed by atoms with Gasteiger partial charge >= 0.3 is 6.01 Å². The largest absolute Gasteiger partial charge is 0.459 e. The summed E-state index contributed by atoms with van der Waals surface area (Å²) in [6.45, 7) is 7.33. The molecule has 2 aromatic heterocycles. The van der Waals surface area contributed by atoms with Gasteiger partial charge in [-0.1, -0.05) is 18.5 Å². The molecule has 1 saturated carbocycles. The van der Waals surface area contributed by atoms with Crippen LogP contribution >= 0.6 is 11.6 Å². The summed E-state index contributed by atoms with van der Waals surface area (Å²) < 4.78 is 23.0. The fourth-order valence-corrected chi connectivity index (χ4v) is 5.65. The molecule has 2 saturated heterocycles. The summed E-state index contributed by atoms with van der Waals surface area (Å²) in [5.74, 6) is -0.196. The highest BCUT2D eigenvalue weighted by atomic mass is 35.5. The van der Waals surface area contributed by atoms with Crippen molar-refractivity contribution in [2.45, 2.75) is 70.2 Å². The summed E-state index contributed by atoms with van der Waals surface area (Å²) in [5.41, 5.74) is -0.358. The third-order valence-corrected chi connectivity index (χ3v) is 7.27. The lowest BCUT2D eigenvalue weighted by Gasteiger charge is -2.36. The first-order valence-electron chi connectivity index (χ1n) is 12.0. The number of ether oxygens (including phenoxy) is 1. The quantitative estimate of drug-likeness (QED) is 0.584. The third-order valence-electron chi connectivity index (χ3n) is 6.92. The molecule has 3 aliphatic rings. The van der Waals surface area contributed by atoms with Gasteiger partial charge in [-0.3, -0.25) is 9.36 Å². The molecule has 0 spiro atoms. The third kappa shape index (κ3) is 4.19. The fourth-order valence-electron chi connectivity index (χ4n) is 5.35. The maximum atomic E-state index is 15.5. The highest BCUT2D eigenvalue weighted by molar-refractivity contribution is 6.30. The minimum Gasteiger partial charge on any atom is -0.459 e. The standard InChI is InChI=1S/C23H32ClFN6O2/c1-4-9-29(3)12-13(2)33-23-27-19-17(22(32)31(14-5-6-14)20(24)18(19)25)21(28-23)30-15-7-8-16(30)11-26-10-15/h13-16,26H,4-12H2,1-3H3. The Hall–Kier alpha value is -1.97. The molecule has 3 atom stereocenters. The summed E-state index contributed by atoms with van der Waals surface area (Å²) in [7, 11) is 2.04. The number of hydrogen-bond acceptors (Lipinski definition) is 7. The second-order valence-electron chi connectivity index (χ2n) is 9.71. The summed E-state index contributed by atoms with van der Waals surface area (Å²) in [5, 5.41) is 3.49. The first-order valence-corrected chi connectivity index (χ1v) is 12.4. The summed E-state index contributed by atoms with van der Waals surface area (Å²) in [4.78, 5) is 27.0. The molecule has 2 aliphatic heterocycles. The van der Waals surface area contributed by atoms with Gasteiger partial charge in [0.1, 0.15) is 22.8 Å². The first-order chi connectivity index (χ1) is 15.9. The van der Waals surface area contributed by atoms with Crippen molar-refractivity contribution in [1.82, 2.24) is 24.8 Å². The molecule has 3 fully saturated rings. The number of nitrogens with one attached hydrogen (secondary N) is 1. The maximum Gasteiger partial charge on any atom is 0.319 e. The SMILES string of the molecule is CCCN(C)CC(C)Oc1nc(N2C3CCC2CNC3)c2c(=O)n(C3CC3)c(Cl)c(F)c2n1. The molecule has 0 aromatic carbocycles. The number of halogens is 2. The van der Waals surface area contributed by atoms with Crippen LogP contribution in [0.2, 0.25) is 5.15 Å². The molecule has 2 aromatic rings. The molecule has 1 N–H and O–H groups in total. The number of nitrogens with zero attached hydrogens (tertiary/aromatic N) is 5. The van der Waals surface area contributed by atoms with E-state index in [1.807, 2.05) is 14.0 Å². The van der Waals surface area contributed by atoms with Crippen LogP contribution < -0.4 is 20.5 Å². The lowest BCUT2D eigenvalue weighted by molar-refractivity contribution is 0.151. The second kappa shape index (κ2) is 9.00. The Kier molecular flexibility index (Phi) is 6.22. The predicted octanol–water partition coefficient (Wildman–Crippen LogP) is 2.97. The van der Waals surface area contributed by atoms with Gasteiger partial charge in [0.05, 0.1) is 0 Å². The highest BCUT2D eigenvalue weighted by Gasteiger charge is 2.40. The number of anilines is 1. The van der Waals surface area contributed by atoms with E-state index in [0.717, 1.165) is 51.7 Å². The van der Waals surface area contributed by atoms with Gasteiger partial charge in [0.25, 0.3) is 5.56 Å². The number of fused-ring (bicyclic) bond motifs is 3. The van der Waals surface area contributed by atoms with Crippen molar-refractivity contribution < 1.29 is 9.13 Å². The second-order valence-corrected chi connectivity index (χ2v) is 10.1. The molecule has 3 unspecified atom stereocenters. The zero-order chi connectivity index (χ0) is 23.3. The Morgan fingerprint density at radius 3 is 2.52 bits per heavy atom. The van der Waals surface area contributed by atoms with E-state index in [4.69, 9.17) is 21.3 Å². The van der Waals surface area contributed by atoms with Crippen LogP contribution in [0.3, 0.4) is 0 Å². The maximum absolute atomic E-state index is 15.5. The molecule has 10 heteroatoms. The monoisotopic (exact) mass is 478 g/mol. The molecule has 33 heavy (non-hydrogen) atoms. The Morgan fingerprint density at radius 1 is 1.21 bits per heavy atom. The van der Waals surface area contributed by atoms with E-state index < -0.39 is 5.82 Å². The van der Waals surface area contributed by atoms with Crippen LogP contribution in [0, 0.1) is 5.82 Å². The van der Waals surface area contributed by atoms with Crippen molar-refractivity contribution in [1.29, 1.82) is 0 Å². The smallest absolute Gasteiger partial charge is 0.319 e. The molecular weight excluding hydrogens is 447 g/mol. The topological polar surface area (TPSA) is 75.5 Å². The van der Waals surface area contributed by atoms with Gasteiger partial charge in [0.2, 0.25) is 0 Å². The number of likely N-dealkylation sites (N-methyl/N-ethyl adjacent to an activating group) is 1. The van der Waals surface area contributed by atoms with E-state index in [-0.39, 0.29) is 51.9 Å². The molecule has 1 aliphatic carbocycles. The Balaban J connectivity index is 1.62. The lowest BCUT2D eigenvalue weighted by atomic mass is 10.1. The Labute approximate surface area is 198 Å².